The number of benzene rings is 2. The van der Waals surface area contributed by atoms with Gasteiger partial charge in [-0.2, -0.15) is 0 Å². The summed E-state index contributed by atoms with van der Waals surface area (Å²) in [5.41, 5.74) is 2.91. The van der Waals surface area contributed by atoms with Crippen molar-refractivity contribution in [2.24, 2.45) is 0 Å². The number of aliphatic hydroxyl groups is 1. The van der Waals surface area contributed by atoms with Crippen LogP contribution in [0, 0.1) is 0 Å². The SMILES string of the molecule is Oc1cccc2c1CN(Cc1ccccc1)C[C@H]2O. The fraction of sp³-hybridized carbons (Fsp3) is 0.250. The number of aliphatic hydroxyl groups excluding tert-OH is 1. The fourth-order valence-corrected chi connectivity index (χ4v) is 2.67. The first kappa shape index (κ1) is 12.2. The number of hydrogen-bond acceptors (Lipinski definition) is 3. The molecule has 1 heterocycles. The summed E-state index contributed by atoms with van der Waals surface area (Å²) in [5.74, 6) is 0.273. The van der Waals surface area contributed by atoms with Crippen molar-refractivity contribution in [1.29, 1.82) is 0 Å². The molecule has 0 bridgehead atoms. The topological polar surface area (TPSA) is 43.7 Å². The van der Waals surface area contributed by atoms with E-state index in [2.05, 4.69) is 17.0 Å². The van der Waals surface area contributed by atoms with E-state index in [-0.39, 0.29) is 5.75 Å². The van der Waals surface area contributed by atoms with Gasteiger partial charge in [0, 0.05) is 25.2 Å². The molecule has 0 aromatic heterocycles. The normalized spacial score (nSPS) is 19.1. The maximum absolute atomic E-state index is 10.2. The minimum Gasteiger partial charge on any atom is -0.508 e. The highest BCUT2D eigenvalue weighted by Crippen LogP contribution is 2.32. The minimum atomic E-state index is -0.528. The molecule has 2 aromatic carbocycles. The number of hydrogen-bond donors (Lipinski definition) is 2. The molecule has 1 aliphatic heterocycles. The van der Waals surface area contributed by atoms with Gasteiger partial charge in [0.2, 0.25) is 0 Å². The van der Waals surface area contributed by atoms with Gasteiger partial charge in [0.15, 0.2) is 0 Å². The first-order valence-electron chi connectivity index (χ1n) is 6.49. The Labute approximate surface area is 112 Å². The minimum absolute atomic E-state index is 0.273. The molecule has 0 spiro atoms. The number of fused-ring (bicyclic) bond motifs is 1. The summed E-state index contributed by atoms with van der Waals surface area (Å²) < 4.78 is 0. The molecule has 0 saturated carbocycles. The Bertz CT molecular complexity index is 568. The van der Waals surface area contributed by atoms with Crippen LogP contribution in [-0.2, 0) is 13.1 Å². The van der Waals surface area contributed by atoms with Crippen LogP contribution in [0.1, 0.15) is 22.8 Å². The van der Waals surface area contributed by atoms with Crippen molar-refractivity contribution in [2.75, 3.05) is 6.54 Å². The van der Waals surface area contributed by atoms with Crippen LogP contribution in [0.2, 0.25) is 0 Å². The van der Waals surface area contributed by atoms with Crippen molar-refractivity contribution >= 4 is 0 Å². The number of β-amino-alcohol motifs (C(OH)–C–C–N with tert-alkyl or cyclic N) is 1. The van der Waals surface area contributed by atoms with E-state index in [1.54, 1.807) is 12.1 Å². The smallest absolute Gasteiger partial charge is 0.120 e. The largest absolute Gasteiger partial charge is 0.508 e. The average Bonchev–Trinajstić information content (AvgIpc) is 2.41. The summed E-state index contributed by atoms with van der Waals surface area (Å²) in [5, 5.41) is 20.1. The summed E-state index contributed by atoms with van der Waals surface area (Å²) in [7, 11) is 0. The van der Waals surface area contributed by atoms with Gasteiger partial charge >= 0.3 is 0 Å². The molecule has 2 aromatic rings. The first-order chi connectivity index (χ1) is 9.24. The van der Waals surface area contributed by atoms with Crippen LogP contribution < -0.4 is 0 Å². The van der Waals surface area contributed by atoms with E-state index in [0.717, 1.165) is 17.7 Å². The summed E-state index contributed by atoms with van der Waals surface area (Å²) in [6, 6.07) is 15.5. The van der Waals surface area contributed by atoms with Crippen LogP contribution in [0.4, 0.5) is 0 Å². The Morgan fingerprint density at radius 1 is 1.05 bits per heavy atom. The highest BCUT2D eigenvalue weighted by Gasteiger charge is 2.25. The lowest BCUT2D eigenvalue weighted by Crippen LogP contribution is -2.33. The highest BCUT2D eigenvalue weighted by atomic mass is 16.3. The molecule has 19 heavy (non-hydrogen) atoms. The van der Waals surface area contributed by atoms with E-state index in [1.165, 1.54) is 5.56 Å². The van der Waals surface area contributed by atoms with Gasteiger partial charge in [0.25, 0.3) is 0 Å². The van der Waals surface area contributed by atoms with Crippen LogP contribution in [0.5, 0.6) is 5.75 Å². The van der Waals surface area contributed by atoms with E-state index in [4.69, 9.17) is 0 Å². The van der Waals surface area contributed by atoms with Crippen LogP contribution in [-0.4, -0.2) is 21.7 Å². The number of phenols is 1. The molecule has 0 amide bonds. The van der Waals surface area contributed by atoms with Crippen molar-refractivity contribution in [3.63, 3.8) is 0 Å². The summed E-state index contributed by atoms with van der Waals surface area (Å²) in [6.45, 7) is 2.06. The Morgan fingerprint density at radius 2 is 1.84 bits per heavy atom. The van der Waals surface area contributed by atoms with E-state index < -0.39 is 6.10 Å². The lowest BCUT2D eigenvalue weighted by molar-refractivity contribution is 0.0869. The third-order valence-corrected chi connectivity index (χ3v) is 3.61. The van der Waals surface area contributed by atoms with Gasteiger partial charge in [0.05, 0.1) is 6.10 Å². The van der Waals surface area contributed by atoms with Crippen molar-refractivity contribution in [2.45, 2.75) is 19.2 Å². The van der Waals surface area contributed by atoms with Gasteiger partial charge in [-0.1, -0.05) is 42.5 Å². The van der Waals surface area contributed by atoms with E-state index in [0.29, 0.717) is 13.1 Å². The Hall–Kier alpha value is -1.84. The van der Waals surface area contributed by atoms with Crippen LogP contribution in [0.15, 0.2) is 48.5 Å². The summed E-state index contributed by atoms with van der Waals surface area (Å²) in [6.07, 6.45) is -0.528. The molecule has 2 N–H and O–H groups in total. The van der Waals surface area contributed by atoms with Crippen molar-refractivity contribution < 1.29 is 10.2 Å². The lowest BCUT2D eigenvalue weighted by Gasteiger charge is -2.32. The number of nitrogens with zero attached hydrogens (tertiary/aromatic N) is 1. The molecule has 1 atom stereocenters. The van der Waals surface area contributed by atoms with E-state index >= 15 is 0 Å². The van der Waals surface area contributed by atoms with Gasteiger partial charge in [-0.15, -0.1) is 0 Å². The molecule has 0 aliphatic carbocycles. The average molecular weight is 255 g/mol. The van der Waals surface area contributed by atoms with Crippen LogP contribution in [0.3, 0.4) is 0 Å². The lowest BCUT2D eigenvalue weighted by atomic mass is 9.96. The Balaban J connectivity index is 1.83. The zero-order valence-electron chi connectivity index (χ0n) is 10.7. The second-order valence-corrected chi connectivity index (χ2v) is 5.02. The monoisotopic (exact) mass is 255 g/mol. The zero-order valence-corrected chi connectivity index (χ0v) is 10.7. The predicted molar refractivity (Wildman–Crippen MR) is 73.6 cm³/mol. The third-order valence-electron chi connectivity index (χ3n) is 3.61. The van der Waals surface area contributed by atoms with Crippen LogP contribution in [0.25, 0.3) is 0 Å². The van der Waals surface area contributed by atoms with Gasteiger partial charge in [-0.3, -0.25) is 4.90 Å². The summed E-state index contributed by atoms with van der Waals surface area (Å²) in [4.78, 5) is 2.15. The number of phenolic OH excluding ortho intramolecular Hbond substituents is 1. The van der Waals surface area contributed by atoms with Gasteiger partial charge in [-0.05, 0) is 17.2 Å². The Morgan fingerprint density at radius 3 is 2.63 bits per heavy atom. The fourth-order valence-electron chi connectivity index (χ4n) is 2.67. The molecule has 0 fully saturated rings. The molecular weight excluding hydrogens is 238 g/mol. The second kappa shape index (κ2) is 5.03. The second-order valence-electron chi connectivity index (χ2n) is 5.02. The maximum atomic E-state index is 10.2. The summed E-state index contributed by atoms with van der Waals surface area (Å²) >= 11 is 0. The molecule has 0 radical (unpaired) electrons. The number of aromatic hydroxyl groups is 1. The molecular formula is C16H17NO2. The molecule has 0 saturated heterocycles. The van der Waals surface area contributed by atoms with E-state index in [9.17, 15) is 10.2 Å². The molecule has 3 rings (SSSR count). The van der Waals surface area contributed by atoms with Gasteiger partial charge in [-0.25, -0.2) is 0 Å². The molecule has 1 aliphatic rings. The van der Waals surface area contributed by atoms with Crippen LogP contribution >= 0.6 is 0 Å². The molecule has 0 unspecified atom stereocenters. The molecule has 3 nitrogen and oxygen atoms in total. The number of rotatable bonds is 2. The standard InChI is InChI=1S/C16H17NO2/c18-15-8-4-7-13-14(15)10-17(11-16(13)19)9-12-5-2-1-3-6-12/h1-8,16,18-19H,9-11H2/t16-/m1/s1. The Kier molecular flexibility index (Phi) is 3.23. The van der Waals surface area contributed by atoms with Gasteiger partial charge < -0.3 is 10.2 Å². The maximum Gasteiger partial charge on any atom is 0.120 e. The van der Waals surface area contributed by atoms with E-state index in [1.807, 2.05) is 24.3 Å². The molecule has 98 valence electrons. The third kappa shape index (κ3) is 2.48. The predicted octanol–water partition coefficient (Wildman–Crippen LogP) is 2.44. The van der Waals surface area contributed by atoms with Gasteiger partial charge in [0.1, 0.15) is 5.75 Å². The van der Waals surface area contributed by atoms with Crippen molar-refractivity contribution in [3.8, 4) is 5.75 Å². The first-order valence-corrected chi connectivity index (χ1v) is 6.49. The zero-order chi connectivity index (χ0) is 13.2. The van der Waals surface area contributed by atoms with Crippen molar-refractivity contribution in [1.82, 2.24) is 4.90 Å². The highest BCUT2D eigenvalue weighted by molar-refractivity contribution is 5.42. The quantitative estimate of drug-likeness (QED) is 0.866. The van der Waals surface area contributed by atoms with Crippen molar-refractivity contribution in [3.05, 3.63) is 65.2 Å². The molecule has 3 heteroatoms.